The van der Waals surface area contributed by atoms with Gasteiger partial charge in [0.05, 0.1) is 6.54 Å². The average Bonchev–Trinajstić information content (AvgIpc) is 2.54. The van der Waals surface area contributed by atoms with E-state index < -0.39 is 44.3 Å². The van der Waals surface area contributed by atoms with E-state index in [1.165, 1.54) is 29.2 Å². The molecule has 1 amide bonds. The molecule has 1 atom stereocenters. The first-order chi connectivity index (χ1) is 11.3. The van der Waals surface area contributed by atoms with E-state index in [-0.39, 0.29) is 6.54 Å². The fraction of sp³-hybridized carbons (Fsp3) is 0.133. The van der Waals surface area contributed by atoms with Crippen LogP contribution in [0.5, 0.6) is 0 Å². The SMILES string of the molecule is O=C1C(NS(=O)(=O)c2cc(F)ccc2F)CN1c1ccc(F)cc1. The number of nitrogens with zero attached hydrogens (tertiary/aromatic N) is 1. The van der Waals surface area contributed by atoms with E-state index >= 15 is 0 Å². The Kier molecular flexibility index (Phi) is 4.06. The summed E-state index contributed by atoms with van der Waals surface area (Å²) in [6.07, 6.45) is 0. The topological polar surface area (TPSA) is 66.5 Å². The Hall–Kier alpha value is -2.39. The van der Waals surface area contributed by atoms with Crippen LogP contribution in [-0.2, 0) is 14.8 Å². The second kappa shape index (κ2) is 5.91. The summed E-state index contributed by atoms with van der Waals surface area (Å²) < 4.78 is 65.8. The van der Waals surface area contributed by atoms with Gasteiger partial charge in [0.25, 0.3) is 0 Å². The zero-order valence-corrected chi connectivity index (χ0v) is 12.9. The van der Waals surface area contributed by atoms with Crippen molar-refractivity contribution >= 4 is 21.6 Å². The van der Waals surface area contributed by atoms with Gasteiger partial charge in [0, 0.05) is 5.69 Å². The van der Waals surface area contributed by atoms with Gasteiger partial charge in [-0.2, -0.15) is 4.72 Å². The normalized spacial score (nSPS) is 17.7. The highest BCUT2D eigenvalue weighted by Gasteiger charge is 2.40. The smallest absolute Gasteiger partial charge is 0.247 e. The number of sulfonamides is 1. The predicted molar refractivity (Wildman–Crippen MR) is 79.2 cm³/mol. The van der Waals surface area contributed by atoms with Gasteiger partial charge in [-0.05, 0) is 42.5 Å². The van der Waals surface area contributed by atoms with Crippen molar-refractivity contribution in [3.8, 4) is 0 Å². The Balaban J connectivity index is 1.75. The maximum absolute atomic E-state index is 13.6. The maximum Gasteiger partial charge on any atom is 0.247 e. The molecule has 5 nitrogen and oxygen atoms in total. The van der Waals surface area contributed by atoms with Crippen molar-refractivity contribution in [1.82, 2.24) is 4.72 Å². The van der Waals surface area contributed by atoms with Gasteiger partial charge in [0.15, 0.2) is 0 Å². The number of carbonyl (C=O) groups is 1. The lowest BCUT2D eigenvalue weighted by Gasteiger charge is -2.38. The Morgan fingerprint density at radius 3 is 2.25 bits per heavy atom. The average molecular weight is 356 g/mol. The zero-order chi connectivity index (χ0) is 17.5. The molecule has 0 aromatic heterocycles. The van der Waals surface area contributed by atoms with Gasteiger partial charge in [-0.1, -0.05) is 0 Å². The first-order valence-corrected chi connectivity index (χ1v) is 8.30. The van der Waals surface area contributed by atoms with Gasteiger partial charge in [-0.25, -0.2) is 21.6 Å². The summed E-state index contributed by atoms with van der Waals surface area (Å²) in [7, 11) is -4.39. The Morgan fingerprint density at radius 1 is 1.00 bits per heavy atom. The molecule has 1 heterocycles. The highest BCUT2D eigenvalue weighted by Crippen LogP contribution is 2.24. The molecule has 2 aromatic carbocycles. The van der Waals surface area contributed by atoms with E-state index in [0.717, 1.165) is 6.07 Å². The van der Waals surface area contributed by atoms with Crippen molar-refractivity contribution in [2.45, 2.75) is 10.9 Å². The molecule has 0 aliphatic carbocycles. The van der Waals surface area contributed by atoms with E-state index in [0.29, 0.717) is 17.8 Å². The van der Waals surface area contributed by atoms with Crippen LogP contribution in [0.25, 0.3) is 0 Å². The Morgan fingerprint density at radius 2 is 1.62 bits per heavy atom. The van der Waals surface area contributed by atoms with Crippen molar-refractivity contribution in [3.05, 3.63) is 59.9 Å². The predicted octanol–water partition coefficient (Wildman–Crippen LogP) is 1.80. The first kappa shape index (κ1) is 16.5. The van der Waals surface area contributed by atoms with Crippen molar-refractivity contribution in [3.63, 3.8) is 0 Å². The molecule has 9 heteroatoms. The molecule has 1 aliphatic rings. The third kappa shape index (κ3) is 3.00. The summed E-state index contributed by atoms with van der Waals surface area (Å²) in [5, 5.41) is 0. The summed E-state index contributed by atoms with van der Waals surface area (Å²) in [5.41, 5.74) is 0.411. The first-order valence-electron chi connectivity index (χ1n) is 6.82. The van der Waals surface area contributed by atoms with Crippen LogP contribution < -0.4 is 9.62 Å². The molecule has 0 radical (unpaired) electrons. The van der Waals surface area contributed by atoms with E-state index in [2.05, 4.69) is 0 Å². The zero-order valence-electron chi connectivity index (χ0n) is 12.0. The fourth-order valence-electron chi connectivity index (χ4n) is 2.30. The fourth-order valence-corrected chi connectivity index (χ4v) is 3.57. The number of halogens is 3. The van der Waals surface area contributed by atoms with Crippen LogP contribution in [0.2, 0.25) is 0 Å². The highest BCUT2D eigenvalue weighted by molar-refractivity contribution is 7.89. The number of β-lactam (4-membered cyclic amide) rings is 1. The number of hydrogen-bond acceptors (Lipinski definition) is 3. The molecular weight excluding hydrogens is 345 g/mol. The van der Waals surface area contributed by atoms with Crippen molar-refractivity contribution < 1.29 is 26.4 Å². The monoisotopic (exact) mass is 356 g/mol. The Labute approximate surface area is 135 Å². The van der Waals surface area contributed by atoms with Gasteiger partial charge >= 0.3 is 0 Å². The lowest BCUT2D eigenvalue weighted by Crippen LogP contribution is -2.64. The molecule has 1 aliphatic heterocycles. The molecule has 1 N–H and O–H groups in total. The van der Waals surface area contributed by atoms with E-state index in [4.69, 9.17) is 0 Å². The van der Waals surface area contributed by atoms with Gasteiger partial charge in [0.2, 0.25) is 15.9 Å². The number of amides is 1. The summed E-state index contributed by atoms with van der Waals surface area (Å²) >= 11 is 0. The second-order valence-corrected chi connectivity index (χ2v) is 6.86. The van der Waals surface area contributed by atoms with Crippen LogP contribution in [0.4, 0.5) is 18.9 Å². The molecule has 1 saturated heterocycles. The van der Waals surface area contributed by atoms with Crippen LogP contribution in [-0.4, -0.2) is 26.9 Å². The summed E-state index contributed by atoms with van der Waals surface area (Å²) in [6, 6.07) is 6.02. The van der Waals surface area contributed by atoms with Crippen molar-refractivity contribution in [2.24, 2.45) is 0 Å². The second-order valence-electron chi connectivity index (χ2n) is 5.17. The number of anilines is 1. The number of benzene rings is 2. The lowest BCUT2D eigenvalue weighted by molar-refractivity contribution is -0.124. The third-order valence-corrected chi connectivity index (χ3v) is 5.03. The molecule has 1 fully saturated rings. The molecule has 3 rings (SSSR count). The van der Waals surface area contributed by atoms with Gasteiger partial charge in [-0.3, -0.25) is 4.79 Å². The molecular formula is C15H11F3N2O3S. The highest BCUT2D eigenvalue weighted by atomic mass is 32.2. The van der Waals surface area contributed by atoms with Crippen molar-refractivity contribution in [2.75, 3.05) is 11.4 Å². The minimum absolute atomic E-state index is 0.000625. The van der Waals surface area contributed by atoms with E-state index in [9.17, 15) is 26.4 Å². The summed E-state index contributed by atoms with van der Waals surface area (Å²) in [6.45, 7) is 0.000625. The van der Waals surface area contributed by atoms with Crippen LogP contribution >= 0.6 is 0 Å². The molecule has 0 spiro atoms. The molecule has 0 bridgehead atoms. The molecule has 126 valence electrons. The van der Waals surface area contributed by atoms with Crippen molar-refractivity contribution in [1.29, 1.82) is 0 Å². The van der Waals surface area contributed by atoms with E-state index in [1.54, 1.807) is 0 Å². The van der Waals surface area contributed by atoms with Crippen LogP contribution in [0, 0.1) is 17.5 Å². The van der Waals surface area contributed by atoms with E-state index in [1.807, 2.05) is 4.72 Å². The summed E-state index contributed by atoms with van der Waals surface area (Å²) in [4.78, 5) is 12.4. The summed E-state index contributed by atoms with van der Waals surface area (Å²) in [5.74, 6) is -3.07. The Bertz CT molecular complexity index is 901. The molecule has 2 aromatic rings. The minimum Gasteiger partial charge on any atom is -0.309 e. The minimum atomic E-state index is -4.39. The van der Waals surface area contributed by atoms with Gasteiger partial charge < -0.3 is 4.90 Å². The quantitative estimate of drug-likeness (QED) is 0.850. The van der Waals surface area contributed by atoms with Crippen LogP contribution in [0.1, 0.15) is 0 Å². The largest absolute Gasteiger partial charge is 0.309 e. The van der Waals surface area contributed by atoms with Crippen LogP contribution in [0.15, 0.2) is 47.4 Å². The van der Waals surface area contributed by atoms with Gasteiger partial charge in [-0.15, -0.1) is 0 Å². The maximum atomic E-state index is 13.6. The standard InChI is InChI=1S/C15H11F3N2O3S/c16-9-1-4-11(5-2-9)20-8-13(15(20)21)19-24(22,23)14-7-10(17)3-6-12(14)18/h1-7,13,19H,8H2. The molecule has 0 saturated carbocycles. The van der Waals surface area contributed by atoms with Crippen LogP contribution in [0.3, 0.4) is 0 Å². The molecule has 1 unspecified atom stereocenters. The number of nitrogens with one attached hydrogen (secondary N) is 1. The molecule has 24 heavy (non-hydrogen) atoms. The van der Waals surface area contributed by atoms with Gasteiger partial charge in [0.1, 0.15) is 28.4 Å². The number of rotatable bonds is 4. The third-order valence-electron chi connectivity index (χ3n) is 3.55. The number of hydrogen-bond donors (Lipinski definition) is 1. The lowest BCUT2D eigenvalue weighted by atomic mass is 10.1. The number of carbonyl (C=O) groups excluding carboxylic acids is 1.